The van der Waals surface area contributed by atoms with E-state index in [0.29, 0.717) is 11.3 Å². The molecular weight excluding hydrogens is 318 g/mol. The van der Waals surface area contributed by atoms with Crippen LogP contribution >= 0.6 is 0 Å². The zero-order valence-corrected chi connectivity index (χ0v) is 14.8. The number of ether oxygens (including phenoxy) is 1. The highest BCUT2D eigenvalue weighted by molar-refractivity contribution is 5.82. The van der Waals surface area contributed by atoms with Crippen LogP contribution in [0.5, 0.6) is 5.75 Å². The van der Waals surface area contributed by atoms with Crippen molar-refractivity contribution in [3.05, 3.63) is 40.2 Å². The molecular formula is C20H25NO4. The molecule has 0 spiro atoms. The van der Waals surface area contributed by atoms with Gasteiger partial charge in [0.1, 0.15) is 11.3 Å². The first kappa shape index (κ1) is 17.5. The Bertz CT molecular complexity index is 803. The lowest BCUT2D eigenvalue weighted by molar-refractivity contribution is -0.128. The zero-order valence-electron chi connectivity index (χ0n) is 14.8. The van der Waals surface area contributed by atoms with Gasteiger partial charge < -0.3 is 14.5 Å². The van der Waals surface area contributed by atoms with Crippen molar-refractivity contribution >= 4 is 16.9 Å². The molecule has 1 N–H and O–H groups in total. The van der Waals surface area contributed by atoms with E-state index < -0.39 is 6.10 Å². The van der Waals surface area contributed by atoms with Gasteiger partial charge in [-0.05, 0) is 44.4 Å². The number of amides is 1. The molecule has 1 fully saturated rings. The minimum Gasteiger partial charge on any atom is -0.481 e. The van der Waals surface area contributed by atoms with E-state index in [0.717, 1.165) is 23.8 Å². The average Bonchev–Trinajstić information content (AvgIpc) is 2.83. The first-order valence-corrected chi connectivity index (χ1v) is 9.04. The molecule has 0 unspecified atom stereocenters. The van der Waals surface area contributed by atoms with Gasteiger partial charge in [-0.1, -0.05) is 25.7 Å². The highest BCUT2D eigenvalue weighted by Gasteiger charge is 2.20. The summed E-state index contributed by atoms with van der Waals surface area (Å²) in [6, 6.07) is 7.02. The second-order valence-electron chi connectivity index (χ2n) is 6.86. The van der Waals surface area contributed by atoms with E-state index in [9.17, 15) is 9.59 Å². The molecule has 25 heavy (non-hydrogen) atoms. The summed E-state index contributed by atoms with van der Waals surface area (Å²) in [6.07, 6.45) is 6.32. The summed E-state index contributed by atoms with van der Waals surface area (Å²) in [4.78, 5) is 23.9. The number of benzene rings is 1. The maximum Gasteiger partial charge on any atom is 0.336 e. The van der Waals surface area contributed by atoms with E-state index in [-0.39, 0.29) is 17.6 Å². The smallest absolute Gasteiger partial charge is 0.336 e. The molecule has 1 amide bonds. The molecule has 0 aliphatic heterocycles. The monoisotopic (exact) mass is 343 g/mol. The second-order valence-corrected chi connectivity index (χ2v) is 6.86. The Labute approximate surface area is 147 Å². The van der Waals surface area contributed by atoms with Crippen LogP contribution in [-0.2, 0) is 4.79 Å². The van der Waals surface area contributed by atoms with Crippen molar-refractivity contribution in [2.75, 3.05) is 0 Å². The van der Waals surface area contributed by atoms with Crippen LogP contribution in [0.2, 0.25) is 0 Å². The average molecular weight is 343 g/mol. The Kier molecular flexibility index (Phi) is 5.41. The Morgan fingerprint density at radius 3 is 2.64 bits per heavy atom. The SMILES string of the molecule is Cc1cc(=O)oc2cc(O[C@@H](C)C(=O)NC3CCCCCC3)ccc12. The van der Waals surface area contributed by atoms with Gasteiger partial charge >= 0.3 is 5.63 Å². The molecule has 0 radical (unpaired) electrons. The summed E-state index contributed by atoms with van der Waals surface area (Å²) in [5, 5.41) is 3.96. The summed E-state index contributed by atoms with van der Waals surface area (Å²) in [7, 11) is 0. The van der Waals surface area contributed by atoms with Crippen LogP contribution in [0.4, 0.5) is 0 Å². The van der Waals surface area contributed by atoms with Gasteiger partial charge in [-0.3, -0.25) is 4.79 Å². The molecule has 1 aliphatic rings. The lowest BCUT2D eigenvalue weighted by atomic mass is 10.1. The molecule has 1 aromatic carbocycles. The predicted octanol–water partition coefficient (Wildman–Crippen LogP) is 3.71. The number of rotatable bonds is 4. The minimum atomic E-state index is -0.600. The van der Waals surface area contributed by atoms with Gasteiger partial charge in [0, 0.05) is 23.6 Å². The molecule has 1 aromatic heterocycles. The van der Waals surface area contributed by atoms with Crippen molar-refractivity contribution in [2.24, 2.45) is 0 Å². The number of nitrogens with one attached hydrogen (secondary N) is 1. The maximum absolute atomic E-state index is 12.4. The fraction of sp³-hybridized carbons (Fsp3) is 0.500. The van der Waals surface area contributed by atoms with E-state index in [1.54, 1.807) is 19.1 Å². The molecule has 5 nitrogen and oxygen atoms in total. The van der Waals surface area contributed by atoms with E-state index in [1.165, 1.54) is 31.7 Å². The van der Waals surface area contributed by atoms with Crippen molar-refractivity contribution < 1.29 is 13.9 Å². The third-order valence-corrected chi connectivity index (χ3v) is 4.81. The van der Waals surface area contributed by atoms with Gasteiger partial charge in [0.25, 0.3) is 5.91 Å². The van der Waals surface area contributed by atoms with Gasteiger partial charge in [0.2, 0.25) is 0 Å². The quantitative estimate of drug-likeness (QED) is 0.679. The largest absolute Gasteiger partial charge is 0.481 e. The van der Waals surface area contributed by atoms with E-state index in [4.69, 9.17) is 9.15 Å². The van der Waals surface area contributed by atoms with Crippen molar-refractivity contribution in [1.29, 1.82) is 0 Å². The standard InChI is InChI=1S/C20H25NO4/c1-13-11-19(22)25-18-12-16(9-10-17(13)18)24-14(2)20(23)21-15-7-5-3-4-6-8-15/h9-12,14-15H,3-8H2,1-2H3,(H,21,23)/t14-/m0/s1. The Morgan fingerprint density at radius 2 is 1.92 bits per heavy atom. The van der Waals surface area contributed by atoms with Gasteiger partial charge in [0.05, 0.1) is 0 Å². The summed E-state index contributed by atoms with van der Waals surface area (Å²) in [6.45, 7) is 3.60. The normalized spacial score (nSPS) is 17.0. The van der Waals surface area contributed by atoms with Crippen LogP contribution in [0.3, 0.4) is 0 Å². The first-order valence-electron chi connectivity index (χ1n) is 9.04. The Morgan fingerprint density at radius 1 is 1.20 bits per heavy atom. The van der Waals surface area contributed by atoms with E-state index in [2.05, 4.69) is 5.32 Å². The van der Waals surface area contributed by atoms with Crippen LogP contribution in [0.15, 0.2) is 33.5 Å². The van der Waals surface area contributed by atoms with Crippen LogP contribution in [-0.4, -0.2) is 18.1 Å². The number of aryl methyl sites for hydroxylation is 1. The molecule has 0 saturated heterocycles. The number of carbonyl (C=O) groups excluding carboxylic acids is 1. The molecule has 1 saturated carbocycles. The van der Waals surface area contributed by atoms with Gasteiger partial charge in [-0.2, -0.15) is 0 Å². The van der Waals surface area contributed by atoms with E-state index in [1.807, 2.05) is 13.0 Å². The molecule has 1 aliphatic carbocycles. The predicted molar refractivity (Wildman–Crippen MR) is 96.9 cm³/mol. The van der Waals surface area contributed by atoms with Crippen LogP contribution in [0.1, 0.15) is 51.0 Å². The summed E-state index contributed by atoms with van der Waals surface area (Å²) >= 11 is 0. The van der Waals surface area contributed by atoms with Crippen LogP contribution in [0, 0.1) is 6.92 Å². The number of fused-ring (bicyclic) bond motifs is 1. The third-order valence-electron chi connectivity index (χ3n) is 4.81. The zero-order chi connectivity index (χ0) is 17.8. The fourth-order valence-corrected chi connectivity index (χ4v) is 3.38. The molecule has 134 valence electrons. The molecule has 1 heterocycles. The van der Waals surface area contributed by atoms with Crippen molar-refractivity contribution in [3.8, 4) is 5.75 Å². The fourth-order valence-electron chi connectivity index (χ4n) is 3.38. The number of carbonyl (C=O) groups is 1. The van der Waals surface area contributed by atoms with E-state index >= 15 is 0 Å². The topological polar surface area (TPSA) is 68.5 Å². The van der Waals surface area contributed by atoms with Crippen molar-refractivity contribution in [1.82, 2.24) is 5.32 Å². The van der Waals surface area contributed by atoms with Crippen molar-refractivity contribution in [3.63, 3.8) is 0 Å². The molecule has 5 heteroatoms. The minimum absolute atomic E-state index is 0.0994. The summed E-state index contributed by atoms with van der Waals surface area (Å²) in [5.41, 5.74) is 0.942. The highest BCUT2D eigenvalue weighted by atomic mass is 16.5. The van der Waals surface area contributed by atoms with Gasteiger partial charge in [-0.15, -0.1) is 0 Å². The van der Waals surface area contributed by atoms with Gasteiger partial charge in [0.15, 0.2) is 6.10 Å². The summed E-state index contributed by atoms with van der Waals surface area (Å²) < 4.78 is 11.0. The van der Waals surface area contributed by atoms with Crippen LogP contribution < -0.4 is 15.7 Å². The summed E-state index contributed by atoms with van der Waals surface area (Å²) in [5.74, 6) is 0.419. The molecule has 3 rings (SSSR count). The lowest BCUT2D eigenvalue weighted by Crippen LogP contribution is -2.42. The third kappa shape index (κ3) is 4.41. The van der Waals surface area contributed by atoms with Crippen LogP contribution in [0.25, 0.3) is 11.0 Å². The lowest BCUT2D eigenvalue weighted by Gasteiger charge is -2.20. The first-order chi connectivity index (χ1) is 12.0. The second kappa shape index (κ2) is 7.72. The number of hydrogen-bond donors (Lipinski definition) is 1. The Balaban J connectivity index is 1.67. The molecule has 0 bridgehead atoms. The Hall–Kier alpha value is -2.30. The molecule has 1 atom stereocenters. The van der Waals surface area contributed by atoms with Crippen molar-refractivity contribution in [2.45, 2.75) is 64.5 Å². The number of hydrogen-bond acceptors (Lipinski definition) is 4. The highest BCUT2D eigenvalue weighted by Crippen LogP contribution is 2.23. The molecule has 2 aromatic rings. The van der Waals surface area contributed by atoms with Gasteiger partial charge in [-0.25, -0.2) is 4.79 Å². The maximum atomic E-state index is 12.4.